The molecule has 0 spiro atoms. The number of nitrogens with zero attached hydrogens (tertiary/aromatic N) is 4. The van der Waals surface area contributed by atoms with E-state index in [2.05, 4.69) is 58.3 Å². The highest BCUT2D eigenvalue weighted by Gasteiger charge is 2.40. The number of hydrogen-bond donors (Lipinski definition) is 1. The molecule has 3 fully saturated rings. The molecule has 1 aromatic carbocycles. The van der Waals surface area contributed by atoms with Crippen molar-refractivity contribution in [3.05, 3.63) is 29.8 Å². The van der Waals surface area contributed by atoms with E-state index in [-0.39, 0.29) is 5.54 Å². The van der Waals surface area contributed by atoms with Gasteiger partial charge >= 0.3 is 0 Å². The minimum Gasteiger partial charge on any atom is -0.497 e. The summed E-state index contributed by atoms with van der Waals surface area (Å²) < 4.78 is 5.33. The number of benzene rings is 1. The molecule has 1 atom stereocenters. The number of aliphatic imine (C=N–C) groups is 1. The van der Waals surface area contributed by atoms with E-state index >= 15 is 0 Å². The van der Waals surface area contributed by atoms with Crippen LogP contribution in [0.3, 0.4) is 0 Å². The average Bonchev–Trinajstić information content (AvgIpc) is 3.34. The van der Waals surface area contributed by atoms with Gasteiger partial charge in [0.05, 0.1) is 13.7 Å². The molecular weight excluding hydrogens is 398 g/mol. The standard InChI is InChI=1S/C26H43N5O/c1-4-27-25(30-17-12-23(20-30)22-8-10-24(32-3)11-9-22)28-21-26(13-18-29(2)19-14-26)31-15-6-5-7-16-31/h8-11,23H,4-7,12-21H2,1-3H3,(H,27,28). The molecule has 0 aromatic heterocycles. The number of likely N-dealkylation sites (tertiary alicyclic amines) is 3. The Morgan fingerprint density at radius 2 is 1.78 bits per heavy atom. The van der Waals surface area contributed by atoms with Gasteiger partial charge in [0.1, 0.15) is 5.75 Å². The highest BCUT2D eigenvalue weighted by atomic mass is 16.5. The Morgan fingerprint density at radius 3 is 2.44 bits per heavy atom. The van der Waals surface area contributed by atoms with Crippen LogP contribution >= 0.6 is 0 Å². The zero-order chi connectivity index (χ0) is 22.4. The van der Waals surface area contributed by atoms with Crippen molar-refractivity contribution in [2.75, 3.05) is 66.5 Å². The third-order valence-corrected chi connectivity index (χ3v) is 7.88. The number of methoxy groups -OCH3 is 1. The first-order chi connectivity index (χ1) is 15.6. The number of rotatable bonds is 6. The normalized spacial score (nSPS) is 25.2. The molecule has 0 bridgehead atoms. The lowest BCUT2D eigenvalue weighted by atomic mass is 9.84. The van der Waals surface area contributed by atoms with E-state index in [4.69, 9.17) is 9.73 Å². The molecule has 3 heterocycles. The smallest absolute Gasteiger partial charge is 0.194 e. The summed E-state index contributed by atoms with van der Waals surface area (Å²) in [6.45, 7) is 11.0. The molecule has 3 saturated heterocycles. The average molecular weight is 442 g/mol. The van der Waals surface area contributed by atoms with Gasteiger partial charge in [-0.05, 0) is 90.0 Å². The molecule has 1 N–H and O–H groups in total. The summed E-state index contributed by atoms with van der Waals surface area (Å²) in [6.07, 6.45) is 7.73. The highest BCUT2D eigenvalue weighted by Crippen LogP contribution is 2.32. The zero-order valence-electron chi connectivity index (χ0n) is 20.5. The Kier molecular flexibility index (Phi) is 7.95. The van der Waals surface area contributed by atoms with Gasteiger partial charge in [-0.25, -0.2) is 0 Å². The number of ether oxygens (including phenoxy) is 1. The fourth-order valence-electron chi connectivity index (χ4n) is 5.73. The number of guanidine groups is 1. The quantitative estimate of drug-likeness (QED) is 0.541. The molecule has 32 heavy (non-hydrogen) atoms. The number of piperidine rings is 2. The van der Waals surface area contributed by atoms with E-state index in [1.807, 2.05) is 0 Å². The molecule has 0 aliphatic carbocycles. The van der Waals surface area contributed by atoms with Gasteiger partial charge in [0.2, 0.25) is 0 Å². The minimum atomic E-state index is 0.239. The van der Waals surface area contributed by atoms with Crippen LogP contribution in [0.1, 0.15) is 56.9 Å². The van der Waals surface area contributed by atoms with Gasteiger partial charge in [-0.15, -0.1) is 0 Å². The van der Waals surface area contributed by atoms with E-state index in [1.54, 1.807) is 7.11 Å². The molecule has 3 aliphatic heterocycles. The maximum Gasteiger partial charge on any atom is 0.194 e. The Morgan fingerprint density at radius 1 is 1.06 bits per heavy atom. The molecule has 4 rings (SSSR count). The van der Waals surface area contributed by atoms with Crippen molar-refractivity contribution in [1.29, 1.82) is 0 Å². The summed E-state index contributed by atoms with van der Waals surface area (Å²) in [5, 5.41) is 3.61. The molecule has 1 aromatic rings. The van der Waals surface area contributed by atoms with Gasteiger partial charge < -0.3 is 19.9 Å². The maximum atomic E-state index is 5.33. The van der Waals surface area contributed by atoms with Crippen molar-refractivity contribution in [1.82, 2.24) is 20.0 Å². The van der Waals surface area contributed by atoms with E-state index < -0.39 is 0 Å². The van der Waals surface area contributed by atoms with Crippen molar-refractivity contribution >= 4 is 5.96 Å². The Balaban J connectivity index is 1.46. The van der Waals surface area contributed by atoms with Crippen LogP contribution in [0, 0.1) is 0 Å². The van der Waals surface area contributed by atoms with Gasteiger partial charge in [0, 0.05) is 31.1 Å². The summed E-state index contributed by atoms with van der Waals surface area (Å²) >= 11 is 0. The third-order valence-electron chi connectivity index (χ3n) is 7.88. The van der Waals surface area contributed by atoms with Crippen molar-refractivity contribution < 1.29 is 4.74 Å². The fourth-order valence-corrected chi connectivity index (χ4v) is 5.73. The minimum absolute atomic E-state index is 0.239. The lowest BCUT2D eigenvalue weighted by molar-refractivity contribution is 0.0207. The fraction of sp³-hybridized carbons (Fsp3) is 0.731. The first-order valence-electron chi connectivity index (χ1n) is 12.7. The third kappa shape index (κ3) is 5.40. The monoisotopic (exact) mass is 441 g/mol. The molecule has 0 amide bonds. The van der Waals surface area contributed by atoms with Crippen LogP contribution in [0.2, 0.25) is 0 Å². The zero-order valence-corrected chi connectivity index (χ0v) is 20.5. The second kappa shape index (κ2) is 10.9. The molecule has 6 nitrogen and oxygen atoms in total. The van der Waals surface area contributed by atoms with E-state index in [9.17, 15) is 0 Å². The number of hydrogen-bond acceptors (Lipinski definition) is 4. The molecule has 1 unspecified atom stereocenters. The van der Waals surface area contributed by atoms with Crippen molar-refractivity contribution in [2.24, 2.45) is 4.99 Å². The summed E-state index contributed by atoms with van der Waals surface area (Å²) in [4.78, 5) is 13.1. The molecule has 0 radical (unpaired) electrons. The second-order valence-corrected chi connectivity index (χ2v) is 9.95. The van der Waals surface area contributed by atoms with Gasteiger partial charge in [-0.2, -0.15) is 0 Å². The SMILES string of the molecule is CCNC(=NCC1(N2CCCCC2)CCN(C)CC1)N1CCC(c2ccc(OC)cc2)C1. The topological polar surface area (TPSA) is 43.3 Å². The largest absolute Gasteiger partial charge is 0.497 e. The van der Waals surface area contributed by atoms with Crippen LogP contribution < -0.4 is 10.1 Å². The van der Waals surface area contributed by atoms with Crippen LogP contribution in [0.15, 0.2) is 29.3 Å². The molecule has 3 aliphatic rings. The predicted molar refractivity (Wildman–Crippen MR) is 133 cm³/mol. The van der Waals surface area contributed by atoms with Crippen LogP contribution in [-0.2, 0) is 0 Å². The maximum absolute atomic E-state index is 5.33. The molecule has 0 saturated carbocycles. The summed E-state index contributed by atoms with van der Waals surface area (Å²) in [5.41, 5.74) is 1.65. The van der Waals surface area contributed by atoms with Crippen molar-refractivity contribution in [3.63, 3.8) is 0 Å². The van der Waals surface area contributed by atoms with Crippen LogP contribution in [0.4, 0.5) is 0 Å². The van der Waals surface area contributed by atoms with E-state index in [0.717, 1.165) is 37.9 Å². The van der Waals surface area contributed by atoms with Gasteiger partial charge in [-0.1, -0.05) is 18.6 Å². The first kappa shape index (κ1) is 23.4. The highest BCUT2D eigenvalue weighted by molar-refractivity contribution is 5.80. The summed E-state index contributed by atoms with van der Waals surface area (Å²) in [7, 11) is 3.99. The van der Waals surface area contributed by atoms with Gasteiger partial charge in [0.15, 0.2) is 5.96 Å². The number of nitrogens with one attached hydrogen (secondary N) is 1. The van der Waals surface area contributed by atoms with E-state index in [1.165, 1.54) is 70.3 Å². The Bertz CT molecular complexity index is 735. The molecular formula is C26H43N5O. The van der Waals surface area contributed by atoms with Crippen LogP contribution in [-0.4, -0.2) is 92.7 Å². The Hall–Kier alpha value is -1.79. The lowest BCUT2D eigenvalue weighted by Gasteiger charge is -2.49. The predicted octanol–water partition coefficient (Wildman–Crippen LogP) is 3.40. The molecule has 178 valence electrons. The van der Waals surface area contributed by atoms with Crippen molar-refractivity contribution in [2.45, 2.75) is 56.9 Å². The van der Waals surface area contributed by atoms with Crippen molar-refractivity contribution in [3.8, 4) is 5.75 Å². The lowest BCUT2D eigenvalue weighted by Crippen LogP contribution is -2.58. The van der Waals surface area contributed by atoms with Crippen LogP contribution in [0.5, 0.6) is 5.75 Å². The van der Waals surface area contributed by atoms with E-state index in [0.29, 0.717) is 5.92 Å². The second-order valence-electron chi connectivity index (χ2n) is 9.95. The summed E-state index contributed by atoms with van der Waals surface area (Å²) in [6, 6.07) is 8.61. The van der Waals surface area contributed by atoms with Gasteiger partial charge in [0.25, 0.3) is 0 Å². The van der Waals surface area contributed by atoms with Gasteiger partial charge in [-0.3, -0.25) is 9.89 Å². The molecule has 6 heteroatoms. The van der Waals surface area contributed by atoms with Crippen LogP contribution in [0.25, 0.3) is 0 Å². The first-order valence-corrected chi connectivity index (χ1v) is 12.7. The summed E-state index contributed by atoms with van der Waals surface area (Å²) in [5.74, 6) is 2.60. The Labute approximate surface area is 195 Å².